The van der Waals surface area contributed by atoms with Crippen LogP contribution in [0.1, 0.15) is 23.4 Å². The van der Waals surface area contributed by atoms with Crippen LogP contribution in [0.2, 0.25) is 0 Å². The maximum atomic E-state index is 12.9. The van der Waals surface area contributed by atoms with Crippen LogP contribution < -0.4 is 10.2 Å². The SMILES string of the molecule is Cc1cc(-c2[nH]c3cc(-c4ccc(N5CCN(S(=O)(=O)C6CCNC6)CC5)nc4)ccc3c2C)cc(C)n1. The number of fused-ring (bicyclic) bond motifs is 1. The third-order valence-electron chi connectivity index (χ3n) is 7.87. The number of aryl methyl sites for hydroxylation is 3. The van der Waals surface area contributed by atoms with Gasteiger partial charge in [0.15, 0.2) is 0 Å². The summed E-state index contributed by atoms with van der Waals surface area (Å²) in [5, 5.41) is 4.08. The van der Waals surface area contributed by atoms with E-state index < -0.39 is 10.0 Å². The van der Waals surface area contributed by atoms with Crippen molar-refractivity contribution in [3.8, 4) is 22.4 Å². The third-order valence-corrected chi connectivity index (χ3v) is 10.2. The van der Waals surface area contributed by atoms with Crippen LogP contribution in [0, 0.1) is 20.8 Å². The molecule has 3 aromatic heterocycles. The highest BCUT2D eigenvalue weighted by molar-refractivity contribution is 7.89. The maximum Gasteiger partial charge on any atom is 0.218 e. The van der Waals surface area contributed by atoms with E-state index in [1.807, 2.05) is 26.1 Å². The summed E-state index contributed by atoms with van der Waals surface area (Å²) in [6.07, 6.45) is 2.61. The highest BCUT2D eigenvalue weighted by Gasteiger charge is 2.35. The Morgan fingerprint density at radius 1 is 0.895 bits per heavy atom. The van der Waals surface area contributed by atoms with Crippen molar-refractivity contribution in [2.45, 2.75) is 32.4 Å². The minimum Gasteiger partial charge on any atom is -0.354 e. The van der Waals surface area contributed by atoms with Gasteiger partial charge in [0, 0.05) is 78.0 Å². The molecule has 0 amide bonds. The molecule has 2 aliphatic heterocycles. The van der Waals surface area contributed by atoms with Gasteiger partial charge in [-0.2, -0.15) is 4.31 Å². The molecular weight excluding hydrogens is 496 g/mol. The fraction of sp³-hybridized carbons (Fsp3) is 0.379. The first-order chi connectivity index (χ1) is 18.3. The van der Waals surface area contributed by atoms with Crippen molar-refractivity contribution < 1.29 is 8.42 Å². The number of hydrogen-bond acceptors (Lipinski definition) is 6. The van der Waals surface area contributed by atoms with Crippen LogP contribution in [0.4, 0.5) is 5.82 Å². The number of pyridine rings is 2. The minimum atomic E-state index is -3.23. The molecular formula is C29H34N6O2S. The molecule has 5 heterocycles. The molecule has 2 N–H and O–H groups in total. The number of benzene rings is 1. The molecule has 198 valence electrons. The normalized spacial score (nSPS) is 18.9. The molecule has 38 heavy (non-hydrogen) atoms. The number of aromatic nitrogens is 3. The zero-order chi connectivity index (χ0) is 26.4. The van der Waals surface area contributed by atoms with Gasteiger partial charge in [-0.25, -0.2) is 13.4 Å². The molecule has 2 fully saturated rings. The van der Waals surface area contributed by atoms with Crippen molar-refractivity contribution in [3.63, 3.8) is 0 Å². The van der Waals surface area contributed by atoms with E-state index in [-0.39, 0.29) is 5.25 Å². The van der Waals surface area contributed by atoms with Gasteiger partial charge in [-0.3, -0.25) is 4.98 Å². The van der Waals surface area contributed by atoms with Gasteiger partial charge in [-0.1, -0.05) is 12.1 Å². The lowest BCUT2D eigenvalue weighted by Crippen LogP contribution is -2.51. The van der Waals surface area contributed by atoms with E-state index in [4.69, 9.17) is 4.98 Å². The van der Waals surface area contributed by atoms with Crippen LogP contribution in [0.3, 0.4) is 0 Å². The highest BCUT2D eigenvalue weighted by Crippen LogP contribution is 2.33. The first-order valence-corrected chi connectivity index (χ1v) is 14.8. The molecule has 6 rings (SSSR count). The standard InChI is InChI=1S/C29H34N6O2S/c1-19-14-24(15-20(2)32-19)29-21(3)26-6-4-22(16-27(26)33-29)23-5-7-28(31-17-23)34-10-12-35(13-11-34)38(36,37)25-8-9-30-18-25/h4-7,14-17,25,30,33H,8-13,18H2,1-3H3. The van der Waals surface area contributed by atoms with E-state index in [1.54, 1.807) is 4.31 Å². The molecule has 0 radical (unpaired) electrons. The van der Waals surface area contributed by atoms with Gasteiger partial charge >= 0.3 is 0 Å². The zero-order valence-corrected chi connectivity index (χ0v) is 23.0. The molecule has 0 aliphatic carbocycles. The Balaban J connectivity index is 1.18. The molecule has 0 bridgehead atoms. The fourth-order valence-corrected chi connectivity index (χ4v) is 7.63. The lowest BCUT2D eigenvalue weighted by atomic mass is 10.0. The molecule has 1 atom stereocenters. The number of piperazine rings is 1. The third kappa shape index (κ3) is 4.59. The first kappa shape index (κ1) is 25.0. The van der Waals surface area contributed by atoms with Gasteiger partial charge in [-0.05, 0) is 75.2 Å². The summed E-state index contributed by atoms with van der Waals surface area (Å²) < 4.78 is 27.5. The summed E-state index contributed by atoms with van der Waals surface area (Å²) in [5.41, 5.74) is 8.80. The first-order valence-electron chi connectivity index (χ1n) is 13.3. The molecule has 1 unspecified atom stereocenters. The van der Waals surface area contributed by atoms with Crippen molar-refractivity contribution in [2.24, 2.45) is 0 Å². The summed E-state index contributed by atoms with van der Waals surface area (Å²) in [7, 11) is -3.23. The second-order valence-corrected chi connectivity index (χ2v) is 12.7. The van der Waals surface area contributed by atoms with E-state index in [1.165, 1.54) is 10.9 Å². The number of H-pyrrole nitrogens is 1. The smallest absolute Gasteiger partial charge is 0.218 e. The Kier molecular flexibility index (Phi) is 6.45. The number of sulfonamides is 1. The van der Waals surface area contributed by atoms with Gasteiger partial charge < -0.3 is 15.2 Å². The van der Waals surface area contributed by atoms with Crippen molar-refractivity contribution >= 4 is 26.7 Å². The fourth-order valence-electron chi connectivity index (χ4n) is 5.79. The zero-order valence-electron chi connectivity index (χ0n) is 22.2. The number of hydrogen-bond donors (Lipinski definition) is 2. The summed E-state index contributed by atoms with van der Waals surface area (Å²) in [5.74, 6) is 0.885. The van der Waals surface area contributed by atoms with Crippen LogP contribution in [0.5, 0.6) is 0 Å². The largest absolute Gasteiger partial charge is 0.354 e. The molecule has 4 aromatic rings. The van der Waals surface area contributed by atoms with Crippen LogP contribution in [-0.2, 0) is 10.0 Å². The number of rotatable bonds is 5. The van der Waals surface area contributed by atoms with Gasteiger partial charge in [-0.15, -0.1) is 0 Å². The quantitative estimate of drug-likeness (QED) is 0.405. The second kappa shape index (κ2) is 9.80. The lowest BCUT2D eigenvalue weighted by molar-refractivity contribution is 0.378. The van der Waals surface area contributed by atoms with Crippen LogP contribution in [0.25, 0.3) is 33.3 Å². The van der Waals surface area contributed by atoms with E-state index in [0.717, 1.165) is 51.7 Å². The van der Waals surface area contributed by atoms with E-state index in [0.29, 0.717) is 39.1 Å². The van der Waals surface area contributed by atoms with Crippen molar-refractivity contribution in [1.29, 1.82) is 0 Å². The van der Waals surface area contributed by atoms with Gasteiger partial charge in [0.2, 0.25) is 10.0 Å². The molecule has 1 aromatic carbocycles. The average molecular weight is 531 g/mol. The molecule has 2 saturated heterocycles. The maximum absolute atomic E-state index is 12.9. The predicted molar refractivity (Wildman–Crippen MR) is 153 cm³/mol. The van der Waals surface area contributed by atoms with E-state index >= 15 is 0 Å². The van der Waals surface area contributed by atoms with Crippen molar-refractivity contribution in [3.05, 3.63) is 65.6 Å². The monoisotopic (exact) mass is 530 g/mol. The highest BCUT2D eigenvalue weighted by atomic mass is 32.2. The second-order valence-electron chi connectivity index (χ2n) is 10.5. The lowest BCUT2D eigenvalue weighted by Gasteiger charge is -2.35. The molecule has 8 nitrogen and oxygen atoms in total. The average Bonchev–Trinajstić information content (AvgIpc) is 3.57. The molecule has 2 aliphatic rings. The van der Waals surface area contributed by atoms with Crippen LogP contribution >= 0.6 is 0 Å². The van der Waals surface area contributed by atoms with Crippen LogP contribution in [0.15, 0.2) is 48.7 Å². The molecule has 0 spiro atoms. The van der Waals surface area contributed by atoms with Gasteiger partial charge in [0.1, 0.15) is 5.82 Å². The summed E-state index contributed by atoms with van der Waals surface area (Å²) >= 11 is 0. The molecule has 9 heteroatoms. The van der Waals surface area contributed by atoms with E-state index in [2.05, 4.69) is 63.5 Å². The van der Waals surface area contributed by atoms with Crippen molar-refractivity contribution in [1.82, 2.24) is 24.6 Å². The Labute approximate surface area is 224 Å². The topological polar surface area (TPSA) is 94.2 Å². The van der Waals surface area contributed by atoms with E-state index in [9.17, 15) is 8.42 Å². The van der Waals surface area contributed by atoms with Gasteiger partial charge in [0.25, 0.3) is 0 Å². The number of nitrogens with zero attached hydrogens (tertiary/aromatic N) is 4. The Morgan fingerprint density at radius 2 is 1.63 bits per heavy atom. The van der Waals surface area contributed by atoms with Crippen molar-refractivity contribution in [2.75, 3.05) is 44.2 Å². The minimum absolute atomic E-state index is 0.290. The summed E-state index contributed by atoms with van der Waals surface area (Å²) in [6, 6.07) is 14.9. The summed E-state index contributed by atoms with van der Waals surface area (Å²) in [4.78, 5) is 15.1. The Hall–Kier alpha value is -3.27. The number of nitrogens with one attached hydrogen (secondary N) is 2. The Morgan fingerprint density at radius 3 is 2.29 bits per heavy atom. The molecule has 0 saturated carbocycles. The summed E-state index contributed by atoms with van der Waals surface area (Å²) in [6.45, 7) is 9.86. The van der Waals surface area contributed by atoms with Gasteiger partial charge in [0.05, 0.1) is 5.25 Å². The number of anilines is 1. The van der Waals surface area contributed by atoms with Crippen LogP contribution in [-0.4, -0.2) is 72.2 Å². The Bertz CT molecular complexity index is 1560. The predicted octanol–water partition coefficient (Wildman–Crippen LogP) is 4.03. The number of aromatic amines is 1.